The molecule has 0 bridgehead atoms. The molecule has 0 radical (unpaired) electrons. The Labute approximate surface area is 133 Å². The first-order valence-electron chi connectivity index (χ1n) is 9.41. The highest BCUT2D eigenvalue weighted by Gasteiger charge is 2.31. The maximum Gasteiger partial charge on any atom is -0.0203 e. The Kier molecular flexibility index (Phi) is 6.38. The van der Waals surface area contributed by atoms with Crippen LogP contribution in [0.4, 0.5) is 0 Å². The molecule has 0 aliphatic heterocycles. The van der Waals surface area contributed by atoms with Crippen molar-refractivity contribution in [3.63, 3.8) is 0 Å². The molecule has 0 heteroatoms. The minimum atomic E-state index is 0. The number of hydrogen-bond donors (Lipinski definition) is 0. The van der Waals surface area contributed by atoms with Crippen LogP contribution in [0.15, 0.2) is 11.6 Å². The summed E-state index contributed by atoms with van der Waals surface area (Å²) in [7, 11) is 0. The molecule has 21 heavy (non-hydrogen) atoms. The van der Waals surface area contributed by atoms with Crippen molar-refractivity contribution in [3.05, 3.63) is 11.6 Å². The summed E-state index contributed by atoms with van der Waals surface area (Å²) in [6.07, 6.45) is 19.0. The fourth-order valence-corrected chi connectivity index (χ4v) is 5.07. The second-order valence-corrected chi connectivity index (χ2v) is 8.29. The predicted octanol–water partition coefficient (Wildman–Crippen LogP) is 7.00. The monoisotopic (exact) mass is 290 g/mol. The lowest BCUT2D eigenvalue weighted by atomic mass is 9.67. The van der Waals surface area contributed by atoms with Crippen molar-refractivity contribution in [1.29, 1.82) is 0 Å². The molecule has 122 valence electrons. The third-order valence-electron chi connectivity index (χ3n) is 6.73. The van der Waals surface area contributed by atoms with Crippen LogP contribution in [-0.2, 0) is 0 Å². The Morgan fingerprint density at radius 3 is 1.81 bits per heavy atom. The van der Waals surface area contributed by atoms with Crippen molar-refractivity contribution < 1.29 is 0 Å². The van der Waals surface area contributed by atoms with Crippen molar-refractivity contribution in [3.8, 4) is 0 Å². The maximum absolute atomic E-state index is 2.61. The van der Waals surface area contributed by atoms with Crippen LogP contribution < -0.4 is 0 Å². The van der Waals surface area contributed by atoms with Crippen LogP contribution >= 0.6 is 0 Å². The van der Waals surface area contributed by atoms with Crippen LogP contribution in [-0.4, -0.2) is 0 Å². The first-order valence-corrected chi connectivity index (χ1v) is 9.41. The van der Waals surface area contributed by atoms with Gasteiger partial charge in [-0.15, -0.1) is 0 Å². The van der Waals surface area contributed by atoms with Crippen LogP contribution in [0.25, 0.3) is 0 Å². The Morgan fingerprint density at radius 2 is 1.29 bits per heavy atom. The lowest BCUT2D eigenvalue weighted by Crippen LogP contribution is -2.26. The fourth-order valence-electron chi connectivity index (χ4n) is 5.07. The largest absolute Gasteiger partial charge is 0.0848 e. The highest BCUT2D eigenvalue weighted by molar-refractivity contribution is 5.11. The summed E-state index contributed by atoms with van der Waals surface area (Å²) >= 11 is 0. The molecule has 2 saturated carbocycles. The maximum atomic E-state index is 2.61. The van der Waals surface area contributed by atoms with Crippen molar-refractivity contribution in [2.75, 3.05) is 0 Å². The number of hydrogen-bond acceptors (Lipinski definition) is 0. The lowest BCUT2D eigenvalue weighted by molar-refractivity contribution is 0.156. The zero-order valence-electron chi connectivity index (χ0n) is 13.7. The quantitative estimate of drug-likeness (QED) is 0.480. The topological polar surface area (TPSA) is 0 Å². The molecule has 0 aromatic carbocycles. The van der Waals surface area contributed by atoms with Gasteiger partial charge in [-0.25, -0.2) is 0 Å². The summed E-state index contributed by atoms with van der Waals surface area (Å²) in [6.45, 7) is 4.86. The van der Waals surface area contributed by atoms with E-state index >= 15 is 0 Å². The SMILES string of the molecule is C.CC1CC=C(C2CCC(C3CCC(C)CC3)CC2)CC1. The van der Waals surface area contributed by atoms with Gasteiger partial charge in [0.2, 0.25) is 0 Å². The molecule has 3 rings (SSSR count). The van der Waals surface area contributed by atoms with Gasteiger partial charge < -0.3 is 0 Å². The molecule has 3 aliphatic rings. The van der Waals surface area contributed by atoms with Crippen LogP contribution in [0.3, 0.4) is 0 Å². The summed E-state index contributed by atoms with van der Waals surface area (Å²) in [5, 5.41) is 0. The van der Waals surface area contributed by atoms with E-state index in [1.54, 1.807) is 0 Å². The van der Waals surface area contributed by atoms with Gasteiger partial charge in [-0.3, -0.25) is 0 Å². The molecule has 0 N–H and O–H groups in total. The summed E-state index contributed by atoms with van der Waals surface area (Å²) in [5.41, 5.74) is 1.85. The molecular weight excluding hydrogens is 252 g/mol. The molecule has 0 heterocycles. The third kappa shape index (κ3) is 4.36. The summed E-state index contributed by atoms with van der Waals surface area (Å²) < 4.78 is 0. The molecule has 1 unspecified atom stereocenters. The average Bonchev–Trinajstić information content (AvgIpc) is 2.49. The van der Waals surface area contributed by atoms with Crippen molar-refractivity contribution >= 4 is 0 Å². The van der Waals surface area contributed by atoms with E-state index in [2.05, 4.69) is 19.9 Å². The van der Waals surface area contributed by atoms with Gasteiger partial charge in [0, 0.05) is 0 Å². The van der Waals surface area contributed by atoms with E-state index in [4.69, 9.17) is 0 Å². The molecule has 0 nitrogen and oxygen atoms in total. The van der Waals surface area contributed by atoms with Crippen molar-refractivity contribution in [2.45, 2.75) is 91.9 Å². The zero-order valence-corrected chi connectivity index (χ0v) is 13.7. The van der Waals surface area contributed by atoms with Gasteiger partial charge in [-0.2, -0.15) is 0 Å². The lowest BCUT2D eigenvalue weighted by Gasteiger charge is -2.38. The number of rotatable bonds is 2. The van der Waals surface area contributed by atoms with Crippen molar-refractivity contribution in [2.24, 2.45) is 29.6 Å². The van der Waals surface area contributed by atoms with Gasteiger partial charge >= 0.3 is 0 Å². The van der Waals surface area contributed by atoms with Crippen LogP contribution in [0.1, 0.15) is 91.9 Å². The molecule has 0 spiro atoms. The zero-order chi connectivity index (χ0) is 13.9. The van der Waals surface area contributed by atoms with Gasteiger partial charge in [0.05, 0.1) is 0 Å². The van der Waals surface area contributed by atoms with Crippen molar-refractivity contribution in [1.82, 2.24) is 0 Å². The van der Waals surface area contributed by atoms with E-state index in [0.717, 1.165) is 29.6 Å². The van der Waals surface area contributed by atoms with Crippen LogP contribution in [0, 0.1) is 29.6 Å². The van der Waals surface area contributed by atoms with E-state index in [9.17, 15) is 0 Å². The van der Waals surface area contributed by atoms with Gasteiger partial charge in [-0.05, 0) is 87.4 Å². The van der Waals surface area contributed by atoms with E-state index in [1.807, 2.05) is 5.57 Å². The van der Waals surface area contributed by atoms with Gasteiger partial charge in [-0.1, -0.05) is 45.8 Å². The Hall–Kier alpha value is -0.260. The first kappa shape index (κ1) is 17.1. The molecule has 0 aromatic heterocycles. The second-order valence-electron chi connectivity index (χ2n) is 8.29. The standard InChI is InChI=1S/C20H34.CH4/c1-15-3-7-17(8-4-15)19-11-13-20(14-12-19)18-9-5-16(2)6-10-18;/h7,15-16,18-20H,3-6,8-14H2,1-2H3;1H4. The Balaban J connectivity index is 0.00000161. The molecule has 3 aliphatic carbocycles. The van der Waals surface area contributed by atoms with Crippen LogP contribution in [0.5, 0.6) is 0 Å². The number of allylic oxidation sites excluding steroid dienone is 2. The van der Waals surface area contributed by atoms with Gasteiger partial charge in [0.1, 0.15) is 0 Å². The molecular formula is C21H38. The van der Waals surface area contributed by atoms with Gasteiger partial charge in [0.15, 0.2) is 0 Å². The molecule has 1 atom stereocenters. The van der Waals surface area contributed by atoms with E-state index in [1.165, 1.54) is 70.6 Å². The summed E-state index contributed by atoms with van der Waals surface area (Å²) in [4.78, 5) is 0. The second kappa shape index (κ2) is 7.84. The smallest absolute Gasteiger partial charge is 0.0203 e. The predicted molar refractivity (Wildman–Crippen MR) is 94.4 cm³/mol. The normalized spacial score (nSPS) is 41.0. The Morgan fingerprint density at radius 1 is 0.714 bits per heavy atom. The van der Waals surface area contributed by atoms with Gasteiger partial charge in [0.25, 0.3) is 0 Å². The molecule has 0 aromatic rings. The van der Waals surface area contributed by atoms with E-state index in [-0.39, 0.29) is 7.43 Å². The summed E-state index contributed by atoms with van der Waals surface area (Å²) in [6, 6.07) is 0. The Bertz CT molecular complexity index is 324. The van der Waals surface area contributed by atoms with E-state index in [0.29, 0.717) is 0 Å². The van der Waals surface area contributed by atoms with E-state index < -0.39 is 0 Å². The average molecular weight is 291 g/mol. The molecule has 0 amide bonds. The molecule has 0 saturated heterocycles. The van der Waals surface area contributed by atoms with Crippen LogP contribution in [0.2, 0.25) is 0 Å². The minimum Gasteiger partial charge on any atom is -0.0848 e. The highest BCUT2D eigenvalue weighted by atomic mass is 14.4. The minimum absolute atomic E-state index is 0. The molecule has 2 fully saturated rings. The first-order chi connectivity index (χ1) is 9.72. The summed E-state index contributed by atoms with van der Waals surface area (Å²) in [5.74, 6) is 5.10. The fraction of sp³-hybridized carbons (Fsp3) is 0.905. The highest BCUT2D eigenvalue weighted by Crippen LogP contribution is 2.44. The third-order valence-corrected chi connectivity index (χ3v) is 6.73.